The molecule has 0 radical (unpaired) electrons. The molecule has 2 rings (SSSR count). The van der Waals surface area contributed by atoms with Crippen molar-refractivity contribution in [1.82, 2.24) is 10.3 Å². The van der Waals surface area contributed by atoms with Gasteiger partial charge in [-0.2, -0.15) is 0 Å². The molecule has 1 aliphatic carbocycles. The maximum atomic E-state index is 5.24. The summed E-state index contributed by atoms with van der Waals surface area (Å²) < 4.78 is 5.24. The van der Waals surface area contributed by atoms with Crippen LogP contribution in [-0.4, -0.2) is 18.1 Å². The van der Waals surface area contributed by atoms with Crippen molar-refractivity contribution < 1.29 is 4.74 Å². The standard InChI is InChI=1S/C14H22N2O/c1-11(9-12-5-3-6-12)16-10-13-7-4-8-15-14(13)17-2/h4,7-8,11-12,16H,3,5-6,9-10H2,1-2H3. The van der Waals surface area contributed by atoms with Crippen molar-refractivity contribution in [2.45, 2.75) is 45.2 Å². The minimum Gasteiger partial charge on any atom is -0.481 e. The molecule has 1 saturated carbocycles. The Kier molecular flexibility index (Phi) is 4.37. The first-order chi connectivity index (χ1) is 8.29. The number of ether oxygens (including phenoxy) is 1. The molecular weight excluding hydrogens is 212 g/mol. The second-order valence-corrected chi connectivity index (χ2v) is 4.99. The van der Waals surface area contributed by atoms with E-state index in [1.165, 1.54) is 25.7 Å². The number of nitrogens with one attached hydrogen (secondary N) is 1. The quantitative estimate of drug-likeness (QED) is 0.822. The fourth-order valence-corrected chi connectivity index (χ4v) is 2.34. The third-order valence-corrected chi connectivity index (χ3v) is 3.60. The molecule has 0 spiro atoms. The Morgan fingerprint density at radius 2 is 2.35 bits per heavy atom. The highest BCUT2D eigenvalue weighted by Crippen LogP contribution is 2.30. The molecular formula is C14H22N2O. The van der Waals surface area contributed by atoms with E-state index >= 15 is 0 Å². The van der Waals surface area contributed by atoms with Crippen LogP contribution in [0.3, 0.4) is 0 Å². The number of nitrogens with zero attached hydrogens (tertiary/aromatic N) is 1. The molecule has 0 aliphatic heterocycles. The Balaban J connectivity index is 1.79. The Morgan fingerprint density at radius 3 is 3.00 bits per heavy atom. The second-order valence-electron chi connectivity index (χ2n) is 4.99. The molecule has 0 amide bonds. The summed E-state index contributed by atoms with van der Waals surface area (Å²) in [5.41, 5.74) is 1.13. The molecule has 1 aromatic heterocycles. The summed E-state index contributed by atoms with van der Waals surface area (Å²) in [5, 5.41) is 3.55. The van der Waals surface area contributed by atoms with Crippen LogP contribution in [0.15, 0.2) is 18.3 Å². The molecule has 94 valence electrons. The van der Waals surface area contributed by atoms with Gasteiger partial charge < -0.3 is 10.1 Å². The fourth-order valence-electron chi connectivity index (χ4n) is 2.34. The summed E-state index contributed by atoms with van der Waals surface area (Å²) in [5.74, 6) is 1.68. The van der Waals surface area contributed by atoms with E-state index in [1.807, 2.05) is 6.07 Å². The smallest absolute Gasteiger partial charge is 0.217 e. The number of hydrogen-bond acceptors (Lipinski definition) is 3. The lowest BCUT2D eigenvalue weighted by Gasteiger charge is -2.28. The van der Waals surface area contributed by atoms with E-state index in [-0.39, 0.29) is 0 Å². The van der Waals surface area contributed by atoms with Gasteiger partial charge in [-0.1, -0.05) is 25.3 Å². The number of methoxy groups -OCH3 is 1. The lowest BCUT2D eigenvalue weighted by Crippen LogP contribution is -2.30. The highest BCUT2D eigenvalue weighted by molar-refractivity contribution is 5.25. The largest absolute Gasteiger partial charge is 0.481 e. The zero-order chi connectivity index (χ0) is 12.1. The van der Waals surface area contributed by atoms with Crippen molar-refractivity contribution in [3.8, 4) is 5.88 Å². The third kappa shape index (κ3) is 3.43. The van der Waals surface area contributed by atoms with E-state index < -0.39 is 0 Å². The van der Waals surface area contributed by atoms with Crippen LogP contribution in [0.25, 0.3) is 0 Å². The molecule has 0 saturated heterocycles. The second kappa shape index (κ2) is 6.01. The van der Waals surface area contributed by atoms with Gasteiger partial charge in [0.1, 0.15) is 0 Å². The molecule has 1 aromatic rings. The van der Waals surface area contributed by atoms with Gasteiger partial charge in [0.25, 0.3) is 0 Å². The van der Waals surface area contributed by atoms with Crippen LogP contribution in [0.4, 0.5) is 0 Å². The van der Waals surface area contributed by atoms with Gasteiger partial charge in [0.05, 0.1) is 7.11 Å². The summed E-state index contributed by atoms with van der Waals surface area (Å²) in [6.07, 6.45) is 7.32. The van der Waals surface area contributed by atoms with Gasteiger partial charge in [-0.15, -0.1) is 0 Å². The van der Waals surface area contributed by atoms with E-state index in [9.17, 15) is 0 Å². The lowest BCUT2D eigenvalue weighted by atomic mass is 9.81. The average molecular weight is 234 g/mol. The number of rotatable bonds is 6. The number of hydrogen-bond donors (Lipinski definition) is 1. The Labute approximate surface area is 104 Å². The number of pyridine rings is 1. The van der Waals surface area contributed by atoms with E-state index in [0.29, 0.717) is 6.04 Å². The summed E-state index contributed by atoms with van der Waals surface area (Å²) in [4.78, 5) is 4.20. The SMILES string of the molecule is COc1ncccc1CNC(C)CC1CCC1. The zero-order valence-corrected chi connectivity index (χ0v) is 10.8. The predicted molar refractivity (Wildman–Crippen MR) is 69.0 cm³/mol. The molecule has 3 heteroatoms. The van der Waals surface area contributed by atoms with Crippen LogP contribution in [0.1, 0.15) is 38.2 Å². The molecule has 1 unspecified atom stereocenters. The normalized spacial score (nSPS) is 17.5. The van der Waals surface area contributed by atoms with Crippen LogP contribution in [0.5, 0.6) is 5.88 Å². The van der Waals surface area contributed by atoms with Gasteiger partial charge in [-0.3, -0.25) is 0 Å². The lowest BCUT2D eigenvalue weighted by molar-refractivity contribution is 0.265. The molecule has 1 aliphatic rings. The molecule has 3 nitrogen and oxygen atoms in total. The Hall–Kier alpha value is -1.09. The van der Waals surface area contributed by atoms with Crippen molar-refractivity contribution in [3.05, 3.63) is 23.9 Å². The summed E-state index contributed by atoms with van der Waals surface area (Å²) >= 11 is 0. The van der Waals surface area contributed by atoms with Crippen molar-refractivity contribution in [3.63, 3.8) is 0 Å². The molecule has 0 bridgehead atoms. The van der Waals surface area contributed by atoms with E-state index in [0.717, 1.165) is 23.9 Å². The van der Waals surface area contributed by atoms with Crippen LogP contribution in [0, 0.1) is 5.92 Å². The van der Waals surface area contributed by atoms with Crippen LogP contribution in [-0.2, 0) is 6.54 Å². The maximum Gasteiger partial charge on any atom is 0.217 e. The van der Waals surface area contributed by atoms with E-state index in [4.69, 9.17) is 4.74 Å². The zero-order valence-electron chi connectivity index (χ0n) is 10.8. The third-order valence-electron chi connectivity index (χ3n) is 3.60. The van der Waals surface area contributed by atoms with Crippen molar-refractivity contribution in [2.75, 3.05) is 7.11 Å². The van der Waals surface area contributed by atoms with Gasteiger partial charge in [0.15, 0.2) is 0 Å². The Morgan fingerprint density at radius 1 is 1.53 bits per heavy atom. The molecule has 1 heterocycles. The summed E-state index contributed by atoms with van der Waals surface area (Å²) in [6.45, 7) is 3.10. The van der Waals surface area contributed by atoms with Crippen LogP contribution < -0.4 is 10.1 Å². The summed E-state index contributed by atoms with van der Waals surface area (Å²) in [6, 6.07) is 4.59. The molecule has 1 atom stereocenters. The minimum atomic E-state index is 0.574. The fraction of sp³-hybridized carbons (Fsp3) is 0.643. The van der Waals surface area contributed by atoms with Crippen molar-refractivity contribution in [2.24, 2.45) is 5.92 Å². The average Bonchev–Trinajstić information content (AvgIpc) is 2.31. The van der Waals surface area contributed by atoms with Crippen molar-refractivity contribution >= 4 is 0 Å². The van der Waals surface area contributed by atoms with E-state index in [1.54, 1.807) is 13.3 Å². The summed E-state index contributed by atoms with van der Waals surface area (Å²) in [7, 11) is 1.67. The van der Waals surface area contributed by atoms with E-state index in [2.05, 4.69) is 23.3 Å². The maximum absolute atomic E-state index is 5.24. The predicted octanol–water partition coefficient (Wildman–Crippen LogP) is 2.76. The monoisotopic (exact) mass is 234 g/mol. The van der Waals surface area contributed by atoms with Crippen LogP contribution in [0.2, 0.25) is 0 Å². The topological polar surface area (TPSA) is 34.1 Å². The molecule has 1 N–H and O–H groups in total. The first-order valence-corrected chi connectivity index (χ1v) is 6.51. The first kappa shape index (κ1) is 12.4. The van der Waals surface area contributed by atoms with Crippen molar-refractivity contribution in [1.29, 1.82) is 0 Å². The highest BCUT2D eigenvalue weighted by atomic mass is 16.5. The molecule has 1 fully saturated rings. The van der Waals surface area contributed by atoms with Gasteiger partial charge in [-0.05, 0) is 25.3 Å². The molecule has 0 aromatic carbocycles. The van der Waals surface area contributed by atoms with Gasteiger partial charge in [0, 0.05) is 24.3 Å². The van der Waals surface area contributed by atoms with Gasteiger partial charge >= 0.3 is 0 Å². The first-order valence-electron chi connectivity index (χ1n) is 6.51. The minimum absolute atomic E-state index is 0.574. The van der Waals surface area contributed by atoms with Crippen LogP contribution >= 0.6 is 0 Å². The number of aromatic nitrogens is 1. The van der Waals surface area contributed by atoms with Gasteiger partial charge in [0.2, 0.25) is 5.88 Å². The molecule has 17 heavy (non-hydrogen) atoms. The Bertz CT molecular complexity index is 350. The van der Waals surface area contributed by atoms with Gasteiger partial charge in [-0.25, -0.2) is 4.98 Å². The highest BCUT2D eigenvalue weighted by Gasteiger charge is 2.19.